The van der Waals surface area contributed by atoms with E-state index in [9.17, 15) is 0 Å². The average molecular weight is 281 g/mol. The molecule has 0 saturated carbocycles. The van der Waals surface area contributed by atoms with E-state index in [0.717, 1.165) is 18.8 Å². The second-order valence-corrected chi connectivity index (χ2v) is 5.98. The van der Waals surface area contributed by atoms with E-state index in [-0.39, 0.29) is 12.1 Å². The number of aromatic nitrogens is 2. The Bertz CT molecular complexity index is 468. The van der Waals surface area contributed by atoms with Gasteiger partial charge in [-0.1, -0.05) is 0 Å². The first-order valence-electron chi connectivity index (χ1n) is 7.43. The lowest BCUT2D eigenvalue weighted by Gasteiger charge is -2.19. The molecule has 0 radical (unpaired) electrons. The highest BCUT2D eigenvalue weighted by Crippen LogP contribution is 2.24. The van der Waals surface area contributed by atoms with Crippen LogP contribution in [0.2, 0.25) is 0 Å². The van der Waals surface area contributed by atoms with Crippen LogP contribution >= 0.6 is 0 Å². The van der Waals surface area contributed by atoms with E-state index in [2.05, 4.69) is 42.8 Å². The molecule has 20 heavy (non-hydrogen) atoms. The Kier molecular flexibility index (Phi) is 4.52. The molecule has 2 rings (SSSR count). The first-order chi connectivity index (χ1) is 9.34. The third-order valence-corrected chi connectivity index (χ3v) is 3.89. The van der Waals surface area contributed by atoms with Gasteiger partial charge in [-0.15, -0.1) is 0 Å². The van der Waals surface area contributed by atoms with Crippen LogP contribution in [0.15, 0.2) is 0 Å². The number of ether oxygens (including phenoxy) is 2. The van der Waals surface area contributed by atoms with Gasteiger partial charge in [0.25, 0.3) is 0 Å². The monoisotopic (exact) mass is 281 g/mol. The normalized spacial score (nSPS) is 23.2. The second kappa shape index (κ2) is 5.84. The van der Waals surface area contributed by atoms with Gasteiger partial charge in [0.15, 0.2) is 5.79 Å². The smallest absolute Gasteiger partial charge is 0.163 e. The van der Waals surface area contributed by atoms with E-state index >= 15 is 0 Å². The van der Waals surface area contributed by atoms with Crippen molar-refractivity contribution in [1.82, 2.24) is 15.1 Å². The summed E-state index contributed by atoms with van der Waals surface area (Å²) in [4.78, 5) is 0. The van der Waals surface area contributed by atoms with Crippen molar-refractivity contribution in [3.05, 3.63) is 17.0 Å². The molecule has 0 bridgehead atoms. The molecule has 1 aromatic rings. The maximum absolute atomic E-state index is 5.82. The molecule has 1 fully saturated rings. The van der Waals surface area contributed by atoms with Gasteiger partial charge in [-0.25, -0.2) is 0 Å². The van der Waals surface area contributed by atoms with E-state index in [1.807, 2.05) is 13.8 Å². The van der Waals surface area contributed by atoms with Crippen LogP contribution in [0.1, 0.15) is 50.7 Å². The number of aryl methyl sites for hydroxylation is 2. The molecule has 2 atom stereocenters. The Morgan fingerprint density at radius 1 is 1.45 bits per heavy atom. The van der Waals surface area contributed by atoms with Crippen LogP contribution in [0.4, 0.5) is 0 Å². The number of hydrogen-bond donors (Lipinski definition) is 1. The highest BCUT2D eigenvalue weighted by molar-refractivity contribution is 5.27. The van der Waals surface area contributed by atoms with Crippen LogP contribution < -0.4 is 5.32 Å². The molecule has 1 aliphatic heterocycles. The van der Waals surface area contributed by atoms with Crippen molar-refractivity contribution in [3.63, 3.8) is 0 Å². The molecule has 1 aliphatic rings. The summed E-state index contributed by atoms with van der Waals surface area (Å²) in [6.45, 7) is 14.8. The Labute approximate surface area is 121 Å². The third-order valence-electron chi connectivity index (χ3n) is 3.89. The first kappa shape index (κ1) is 15.5. The summed E-state index contributed by atoms with van der Waals surface area (Å²) < 4.78 is 13.5. The van der Waals surface area contributed by atoms with Crippen molar-refractivity contribution in [1.29, 1.82) is 0 Å². The fraction of sp³-hybridized carbons (Fsp3) is 0.800. The summed E-state index contributed by atoms with van der Waals surface area (Å²) in [5.41, 5.74) is 3.65. The molecule has 0 spiro atoms. The molecule has 0 aliphatic carbocycles. The van der Waals surface area contributed by atoms with Crippen LogP contribution in [0.3, 0.4) is 0 Å². The predicted octanol–water partition coefficient (Wildman–Crippen LogP) is 2.32. The molecule has 5 heteroatoms. The van der Waals surface area contributed by atoms with Gasteiger partial charge in [-0.05, 0) is 41.5 Å². The van der Waals surface area contributed by atoms with Gasteiger partial charge in [0.2, 0.25) is 0 Å². The minimum Gasteiger partial charge on any atom is -0.348 e. The van der Waals surface area contributed by atoms with Gasteiger partial charge in [0.1, 0.15) is 0 Å². The topological polar surface area (TPSA) is 48.3 Å². The third kappa shape index (κ3) is 3.22. The number of rotatable bonds is 5. The molecule has 2 heterocycles. The Morgan fingerprint density at radius 3 is 2.65 bits per heavy atom. The van der Waals surface area contributed by atoms with Crippen LogP contribution in [0, 0.1) is 13.8 Å². The lowest BCUT2D eigenvalue weighted by Crippen LogP contribution is -2.32. The average Bonchev–Trinajstić information content (AvgIpc) is 2.86. The summed E-state index contributed by atoms with van der Waals surface area (Å²) in [5.74, 6) is -0.450. The maximum Gasteiger partial charge on any atom is 0.163 e. The predicted molar refractivity (Wildman–Crippen MR) is 78.7 cm³/mol. The van der Waals surface area contributed by atoms with Gasteiger partial charge in [-0.3, -0.25) is 4.68 Å². The Hall–Kier alpha value is -0.910. The summed E-state index contributed by atoms with van der Waals surface area (Å²) >= 11 is 0. The molecule has 1 N–H and O–H groups in total. The molecule has 2 unspecified atom stereocenters. The van der Waals surface area contributed by atoms with Crippen LogP contribution in [0.25, 0.3) is 0 Å². The fourth-order valence-corrected chi connectivity index (χ4v) is 2.92. The highest BCUT2D eigenvalue weighted by Gasteiger charge is 2.32. The van der Waals surface area contributed by atoms with Crippen molar-refractivity contribution in [2.75, 3.05) is 13.2 Å². The zero-order chi connectivity index (χ0) is 14.9. The van der Waals surface area contributed by atoms with E-state index < -0.39 is 5.79 Å². The van der Waals surface area contributed by atoms with Crippen molar-refractivity contribution in [2.45, 2.75) is 66.0 Å². The molecule has 5 nitrogen and oxygen atoms in total. The van der Waals surface area contributed by atoms with Crippen molar-refractivity contribution in [3.8, 4) is 0 Å². The Balaban J connectivity index is 1.96. The fourth-order valence-electron chi connectivity index (χ4n) is 2.92. The molecule has 0 amide bonds. The second-order valence-electron chi connectivity index (χ2n) is 5.98. The van der Waals surface area contributed by atoms with Gasteiger partial charge in [0.05, 0.1) is 18.4 Å². The van der Waals surface area contributed by atoms with E-state index in [4.69, 9.17) is 9.47 Å². The van der Waals surface area contributed by atoms with Crippen molar-refractivity contribution in [2.24, 2.45) is 0 Å². The molecule has 114 valence electrons. The largest absolute Gasteiger partial charge is 0.348 e. The van der Waals surface area contributed by atoms with Crippen molar-refractivity contribution < 1.29 is 9.47 Å². The van der Waals surface area contributed by atoms with E-state index in [1.54, 1.807) is 0 Å². The van der Waals surface area contributed by atoms with E-state index in [0.29, 0.717) is 6.61 Å². The summed E-state index contributed by atoms with van der Waals surface area (Å²) in [7, 11) is 0. The summed E-state index contributed by atoms with van der Waals surface area (Å²) in [6.07, 6.45) is 0.120. The first-order valence-corrected chi connectivity index (χ1v) is 7.43. The molecule has 1 aromatic heterocycles. The number of hydrogen-bond acceptors (Lipinski definition) is 4. The Morgan fingerprint density at radius 2 is 2.15 bits per heavy atom. The van der Waals surface area contributed by atoms with Crippen LogP contribution in [-0.2, 0) is 16.0 Å². The maximum atomic E-state index is 5.82. The zero-order valence-corrected chi connectivity index (χ0v) is 13.5. The van der Waals surface area contributed by atoms with Crippen molar-refractivity contribution >= 4 is 0 Å². The molecule has 1 saturated heterocycles. The SMILES string of the molecule is CCn1nc(C)c(C(C)NCC2COC(C)(C)O2)c1C. The van der Waals surface area contributed by atoms with Gasteiger partial charge in [-0.2, -0.15) is 5.10 Å². The van der Waals surface area contributed by atoms with Crippen LogP contribution in [0.5, 0.6) is 0 Å². The molecular formula is C15H27N3O2. The highest BCUT2D eigenvalue weighted by atomic mass is 16.7. The van der Waals surface area contributed by atoms with Crippen LogP contribution in [-0.4, -0.2) is 34.8 Å². The standard InChI is InChI=1S/C15H27N3O2/c1-7-18-12(4)14(11(3)17-18)10(2)16-8-13-9-19-15(5,6)20-13/h10,13,16H,7-9H2,1-6H3. The number of nitrogens with zero attached hydrogens (tertiary/aromatic N) is 2. The summed E-state index contributed by atoms with van der Waals surface area (Å²) in [5, 5.41) is 8.11. The zero-order valence-electron chi connectivity index (χ0n) is 13.5. The lowest BCUT2D eigenvalue weighted by molar-refractivity contribution is -0.137. The number of nitrogens with one attached hydrogen (secondary N) is 1. The van der Waals surface area contributed by atoms with Gasteiger partial charge >= 0.3 is 0 Å². The van der Waals surface area contributed by atoms with Gasteiger partial charge in [0, 0.05) is 30.4 Å². The van der Waals surface area contributed by atoms with E-state index in [1.165, 1.54) is 11.3 Å². The molecule has 0 aromatic carbocycles. The quantitative estimate of drug-likeness (QED) is 0.900. The minimum atomic E-state index is -0.450. The lowest BCUT2D eigenvalue weighted by atomic mass is 10.1. The minimum absolute atomic E-state index is 0.120. The molecular weight excluding hydrogens is 254 g/mol. The van der Waals surface area contributed by atoms with Gasteiger partial charge < -0.3 is 14.8 Å². The summed E-state index contributed by atoms with van der Waals surface area (Å²) in [6, 6.07) is 0.266.